The minimum atomic E-state index is -2.01. The molecule has 1 aromatic heterocycles. The quantitative estimate of drug-likeness (QED) is 0.0196. The molecule has 2 aliphatic rings. The Morgan fingerprint density at radius 1 is 0.553 bits per heavy atom. The van der Waals surface area contributed by atoms with Crippen LogP contribution < -0.4 is 80.2 Å². The number of hydrogen-bond acceptors (Lipinski definition) is 20. The molecular weight excluding hydrogens is 1480 g/mol. The number of nitrogens with zero attached hydrogens (tertiary/aromatic N) is 1. The van der Waals surface area contributed by atoms with Crippen LogP contribution in [0.25, 0.3) is 10.9 Å². The molecule has 0 unspecified atom stereocenters. The summed E-state index contributed by atoms with van der Waals surface area (Å²) < 4.78 is 0. The van der Waals surface area contributed by atoms with Gasteiger partial charge in [-0.05, 0) is 92.0 Å². The molecule has 3 heterocycles. The number of aliphatic hydroxyl groups is 3. The normalized spacial score (nSPS) is 20.3. The molecule has 13 atom stereocenters. The minimum absolute atomic E-state index is 0.00293. The van der Waals surface area contributed by atoms with Crippen LogP contribution in [-0.4, -0.2) is 250 Å². The number of amides is 15. The number of aromatic amines is 1. The predicted octanol–water partition coefficient (Wildman–Crippen LogP) is -4.40. The molecule has 2 fully saturated rings. The van der Waals surface area contributed by atoms with E-state index in [-0.39, 0.29) is 82.7 Å². The summed E-state index contributed by atoms with van der Waals surface area (Å²) in [5, 5.41) is 76.7. The number of carbonyl (C=O) groups is 16. The van der Waals surface area contributed by atoms with Crippen molar-refractivity contribution in [3.05, 3.63) is 108 Å². The molecule has 0 bridgehead atoms. The fourth-order valence-electron chi connectivity index (χ4n) is 12.9. The SMILES string of the molecule is CC[C@H](C)[C@@H]1NC(=O)[C@@H]2CCCN2C(=O)[C@H](CCCCN)NC(=O)[C@H](CO)NC(=O)CNC(=O)[C@H](Cc2ccccc2)NC(=O)CNC(=O)C[C@@H](C(=O)N[C@@H](CO)C(=O)N[C@@H](Cc2ccccc2)C(=O)NCC(=O)N[C@@H](CC(C)C)C(=O)N[C@@H](CO)C(=O)N[C@@H](Cc2c[nH]c3ccccc23)C(=O)N[C@@H](CC(C)C)C(=O)O)NC1=O. The van der Waals surface area contributed by atoms with Crippen molar-refractivity contribution in [3.63, 3.8) is 0 Å². The Balaban J connectivity index is 1.22. The van der Waals surface area contributed by atoms with E-state index in [0.717, 1.165) is 0 Å². The smallest absolute Gasteiger partial charge is 0.326 e. The highest BCUT2D eigenvalue weighted by Gasteiger charge is 2.42. The van der Waals surface area contributed by atoms with E-state index in [1.165, 1.54) is 4.90 Å². The lowest BCUT2D eigenvalue weighted by Gasteiger charge is -2.32. The second kappa shape index (κ2) is 45.9. The first-order valence-corrected chi connectivity index (χ1v) is 38.2. The molecule has 0 saturated carbocycles. The van der Waals surface area contributed by atoms with Crippen molar-refractivity contribution < 1.29 is 97.1 Å². The molecule has 4 aromatic rings. The van der Waals surface area contributed by atoms with Crippen molar-refractivity contribution in [2.75, 3.05) is 52.5 Å². The van der Waals surface area contributed by atoms with E-state index in [2.05, 4.69) is 79.4 Å². The zero-order chi connectivity index (χ0) is 83.7. The molecule has 0 radical (unpaired) electrons. The van der Waals surface area contributed by atoms with Gasteiger partial charge in [0.2, 0.25) is 88.6 Å². The second-order valence-electron chi connectivity index (χ2n) is 29.1. The summed E-state index contributed by atoms with van der Waals surface area (Å²) in [7, 11) is 0. The van der Waals surface area contributed by atoms with Gasteiger partial charge in [0, 0.05) is 42.9 Å². The third-order valence-electron chi connectivity index (χ3n) is 19.2. The molecule has 6 rings (SSSR count). The number of aliphatic carboxylic acids is 1. The van der Waals surface area contributed by atoms with Gasteiger partial charge < -0.3 is 110 Å². The third kappa shape index (κ3) is 28.6. The van der Waals surface area contributed by atoms with Crippen molar-refractivity contribution >= 4 is 105 Å². The van der Waals surface area contributed by atoms with Gasteiger partial charge in [-0.15, -0.1) is 0 Å². The Morgan fingerprint density at radius 3 is 1.73 bits per heavy atom. The first kappa shape index (κ1) is 91.4. The molecule has 21 N–H and O–H groups in total. The van der Waals surface area contributed by atoms with E-state index in [1.807, 2.05) is 0 Å². The summed E-state index contributed by atoms with van der Waals surface area (Å²) in [5.41, 5.74) is 8.04. The number of hydrogen-bond donors (Lipinski definition) is 20. The summed E-state index contributed by atoms with van der Waals surface area (Å²) in [6, 6.07) is 4.81. The number of carboxylic acid groups (broad SMARTS) is 1. The number of nitrogens with two attached hydrogens (primary N) is 1. The lowest BCUT2D eigenvalue weighted by atomic mass is 9.97. The Bertz CT molecular complexity index is 4000. The number of carbonyl (C=O) groups excluding carboxylic acids is 15. The summed E-state index contributed by atoms with van der Waals surface area (Å²) >= 11 is 0. The van der Waals surface area contributed by atoms with Crippen molar-refractivity contribution in [2.45, 2.75) is 191 Å². The van der Waals surface area contributed by atoms with Crippen LogP contribution in [0.3, 0.4) is 0 Å². The highest BCUT2D eigenvalue weighted by atomic mass is 16.4. The van der Waals surface area contributed by atoms with Crippen molar-refractivity contribution in [1.29, 1.82) is 0 Å². The zero-order valence-electron chi connectivity index (χ0n) is 64.8. The number of carboxylic acids is 1. The second-order valence-corrected chi connectivity index (χ2v) is 29.1. The summed E-state index contributed by atoms with van der Waals surface area (Å²) in [4.78, 5) is 228. The number of rotatable bonds is 34. The third-order valence-corrected chi connectivity index (χ3v) is 19.2. The fourth-order valence-corrected chi connectivity index (χ4v) is 12.9. The first-order chi connectivity index (χ1) is 54.4. The van der Waals surface area contributed by atoms with Crippen molar-refractivity contribution in [1.82, 2.24) is 84.3 Å². The van der Waals surface area contributed by atoms with Gasteiger partial charge in [0.15, 0.2) is 0 Å². The van der Waals surface area contributed by atoms with Crippen LogP contribution in [-0.2, 0) is 96.0 Å². The zero-order valence-corrected chi connectivity index (χ0v) is 64.8. The van der Waals surface area contributed by atoms with E-state index >= 15 is 0 Å². The van der Waals surface area contributed by atoms with Crippen LogP contribution >= 0.6 is 0 Å². The largest absolute Gasteiger partial charge is 0.480 e. The standard InChI is InChI=1S/C77H109N17O20/c1-7-44(6)65-75(111)89-55(34-61(98)80-36-62(99)84-52(31-45-19-10-8-11-20-45)66(102)81-38-64(101)85-57(39-95)71(107)86-50(25-16-17-27-78)76(112)94-28-18-26-60(94)74(110)93-65)70(106)92-58(40-96)72(108)87-53(32-46-21-12-9-13-22-46)67(103)82-37-63(100)83-51(29-42(2)3)68(104)91-59(41-97)73(109)88-54(69(105)90-56(77(113)114)30-43(4)5)33-47-35-79-49-24-15-14-23-48(47)49/h8-15,19-24,35,42-44,50-60,65,79,95-97H,7,16-18,25-34,36-41,78H2,1-6H3,(H,80,98)(H,81,102)(H,82,103)(H,83,100)(H,84,99)(H,85,101)(H,86,107)(H,87,108)(H,88,109)(H,89,111)(H,90,105)(H,91,104)(H,92,106)(H,93,110)(H,113,114)/t44-,50-,51-,52-,53-,54-,55-,56-,57-,58-,59-,60-,65-/m0/s1. The molecule has 3 aromatic carbocycles. The van der Waals surface area contributed by atoms with Gasteiger partial charge >= 0.3 is 5.97 Å². The molecule has 114 heavy (non-hydrogen) atoms. The van der Waals surface area contributed by atoms with Crippen molar-refractivity contribution in [3.8, 4) is 0 Å². The summed E-state index contributed by atoms with van der Waals surface area (Å²) in [5.74, 6) is -17.5. The van der Waals surface area contributed by atoms with E-state index < -0.39 is 219 Å². The number of benzene rings is 3. The molecule has 622 valence electrons. The number of aliphatic hydroxyl groups excluding tert-OH is 3. The Labute approximate surface area is 659 Å². The molecule has 0 spiro atoms. The monoisotopic (exact) mass is 1590 g/mol. The minimum Gasteiger partial charge on any atom is -0.480 e. The van der Waals surface area contributed by atoms with Gasteiger partial charge in [-0.25, -0.2) is 4.79 Å². The number of H-pyrrole nitrogens is 1. The van der Waals surface area contributed by atoms with E-state index in [9.17, 15) is 97.1 Å². The Hall–Kier alpha value is -11.4. The first-order valence-electron chi connectivity index (χ1n) is 38.2. The average Bonchev–Trinajstić information content (AvgIpc) is 1.65. The lowest BCUT2D eigenvalue weighted by molar-refractivity contribution is -0.143. The molecule has 0 aliphatic carbocycles. The highest BCUT2D eigenvalue weighted by Crippen LogP contribution is 2.23. The van der Waals surface area contributed by atoms with E-state index in [0.29, 0.717) is 40.4 Å². The molecule has 15 amide bonds. The molecular formula is C77H109N17O20. The number of unbranched alkanes of at least 4 members (excludes halogenated alkanes) is 1. The molecule has 37 nitrogen and oxygen atoms in total. The number of fused-ring (bicyclic) bond motifs is 2. The van der Waals surface area contributed by atoms with Gasteiger partial charge in [0.25, 0.3) is 0 Å². The fraction of sp³-hybridized carbons (Fsp3) is 0.532. The highest BCUT2D eigenvalue weighted by molar-refractivity contribution is 6.01. The molecule has 2 aliphatic heterocycles. The summed E-state index contributed by atoms with van der Waals surface area (Å²) in [6.07, 6.45) is 1.28. The number of aromatic nitrogens is 1. The van der Waals surface area contributed by atoms with Gasteiger partial charge in [-0.2, -0.15) is 0 Å². The van der Waals surface area contributed by atoms with Crippen LogP contribution in [0.15, 0.2) is 91.1 Å². The number of nitrogens with one attached hydrogen (secondary N) is 15. The maximum Gasteiger partial charge on any atom is 0.326 e. The van der Waals surface area contributed by atoms with E-state index in [4.69, 9.17) is 5.73 Å². The van der Waals surface area contributed by atoms with Gasteiger partial charge in [0.1, 0.15) is 72.5 Å². The number of para-hydroxylation sites is 1. The van der Waals surface area contributed by atoms with Gasteiger partial charge in [-0.1, -0.05) is 127 Å². The maximum atomic E-state index is 14.8. The van der Waals surface area contributed by atoms with Crippen molar-refractivity contribution in [2.24, 2.45) is 23.5 Å². The predicted molar refractivity (Wildman–Crippen MR) is 412 cm³/mol. The van der Waals surface area contributed by atoms with Crippen LogP contribution in [0.4, 0.5) is 0 Å². The van der Waals surface area contributed by atoms with Crippen LogP contribution in [0.2, 0.25) is 0 Å². The molecule has 37 heteroatoms. The summed E-state index contributed by atoms with van der Waals surface area (Å²) in [6.45, 7) is 4.79. The average molecular weight is 1590 g/mol. The van der Waals surface area contributed by atoms with Crippen LogP contribution in [0.1, 0.15) is 116 Å². The van der Waals surface area contributed by atoms with Crippen LogP contribution in [0, 0.1) is 17.8 Å². The maximum absolute atomic E-state index is 14.8. The Morgan fingerprint density at radius 2 is 1.11 bits per heavy atom. The lowest BCUT2D eigenvalue weighted by Crippen LogP contribution is -2.62. The van der Waals surface area contributed by atoms with Crippen LogP contribution in [0.5, 0.6) is 0 Å². The Kier molecular flexibility index (Phi) is 36.8. The van der Waals surface area contributed by atoms with Gasteiger partial charge in [-0.3, -0.25) is 71.9 Å². The van der Waals surface area contributed by atoms with Gasteiger partial charge in [0.05, 0.1) is 45.9 Å². The topological polar surface area (TPSA) is 568 Å². The van der Waals surface area contributed by atoms with E-state index in [1.54, 1.807) is 133 Å². The molecule has 2 saturated heterocycles.